The van der Waals surface area contributed by atoms with Crippen molar-refractivity contribution in [3.8, 4) is 0 Å². The van der Waals surface area contributed by atoms with Crippen molar-refractivity contribution >= 4 is 5.71 Å². The van der Waals surface area contributed by atoms with E-state index in [1.165, 1.54) is 18.2 Å². The van der Waals surface area contributed by atoms with Gasteiger partial charge in [-0.05, 0) is 12.0 Å². The molecule has 1 nitrogen and oxygen atoms in total. The van der Waals surface area contributed by atoms with Crippen LogP contribution in [0.2, 0.25) is 0 Å². The van der Waals surface area contributed by atoms with Crippen LogP contribution in [-0.2, 0) is 6.42 Å². The molecule has 20 heavy (non-hydrogen) atoms. The summed E-state index contributed by atoms with van der Waals surface area (Å²) in [5.41, 5.74) is -1.61. The summed E-state index contributed by atoms with van der Waals surface area (Å²) in [6, 6.07) is 5.23. The molecule has 0 radical (unpaired) electrons. The van der Waals surface area contributed by atoms with Gasteiger partial charge in [0.15, 0.2) is 0 Å². The number of hydrogen-bond acceptors (Lipinski definition) is 1. The van der Waals surface area contributed by atoms with Gasteiger partial charge in [-0.25, -0.2) is 0 Å². The van der Waals surface area contributed by atoms with E-state index in [9.17, 15) is 30.7 Å². The number of hydrogen-bond donors (Lipinski definition) is 0. The summed E-state index contributed by atoms with van der Waals surface area (Å²) >= 11 is 0. The third kappa shape index (κ3) is 2.06. The molecule has 0 spiro atoms. The lowest BCUT2D eigenvalue weighted by Gasteiger charge is -2.31. The molecule has 0 fully saturated rings. The molecule has 1 heterocycles. The predicted molar refractivity (Wildman–Crippen MR) is 57.5 cm³/mol. The van der Waals surface area contributed by atoms with Gasteiger partial charge in [0, 0.05) is 12.1 Å². The van der Waals surface area contributed by atoms with Crippen molar-refractivity contribution in [2.24, 2.45) is 4.99 Å². The van der Waals surface area contributed by atoms with Crippen LogP contribution in [0.5, 0.6) is 0 Å². The average Bonchev–Trinajstić information content (AvgIpc) is 2.36. The minimum atomic E-state index is -6.36. The van der Waals surface area contributed by atoms with Crippen LogP contribution < -0.4 is 0 Å². The second-order valence-electron chi connectivity index (χ2n) is 4.28. The highest BCUT2D eigenvalue weighted by molar-refractivity contribution is 6.08. The molecule has 2 rings (SSSR count). The molecule has 8 heteroatoms. The van der Waals surface area contributed by atoms with E-state index in [1.807, 2.05) is 0 Å². The molecule has 0 N–H and O–H groups in total. The SMILES string of the molecule is FC(F)(F)C(F)(F)C(F)(F)C1=NCCc2ccccc21. The Bertz CT molecular complexity index is 545. The van der Waals surface area contributed by atoms with E-state index in [2.05, 4.69) is 4.99 Å². The zero-order chi connectivity index (χ0) is 15.2. The molecule has 0 aliphatic carbocycles. The molecule has 0 saturated heterocycles. The monoisotopic (exact) mass is 299 g/mol. The first kappa shape index (κ1) is 14.8. The highest BCUT2D eigenvalue weighted by Crippen LogP contribution is 2.48. The molecule has 110 valence electrons. The molecule has 0 aromatic heterocycles. The molecule has 0 unspecified atom stereocenters. The van der Waals surface area contributed by atoms with Gasteiger partial charge in [-0.2, -0.15) is 30.7 Å². The number of aliphatic imine (C=N–C) groups is 1. The van der Waals surface area contributed by atoms with Crippen molar-refractivity contribution in [3.05, 3.63) is 35.4 Å². The summed E-state index contributed by atoms with van der Waals surface area (Å²) < 4.78 is 89.9. The standard InChI is InChI=1S/C12H8F7N/c13-10(14,11(15,16)12(17,18)19)9-8-4-2-1-3-7(8)5-6-20-9/h1-4H,5-6H2. The first-order chi connectivity index (χ1) is 9.09. The van der Waals surface area contributed by atoms with Crippen molar-refractivity contribution < 1.29 is 30.7 Å². The molecule has 1 aliphatic heterocycles. The van der Waals surface area contributed by atoms with Crippen LogP contribution in [0.3, 0.4) is 0 Å². The zero-order valence-electron chi connectivity index (χ0n) is 9.82. The number of fused-ring (bicyclic) bond motifs is 1. The van der Waals surface area contributed by atoms with Gasteiger partial charge in [0.05, 0.1) is 0 Å². The fourth-order valence-electron chi connectivity index (χ4n) is 1.94. The Kier molecular flexibility index (Phi) is 3.30. The van der Waals surface area contributed by atoms with Gasteiger partial charge in [0.2, 0.25) is 0 Å². The van der Waals surface area contributed by atoms with Gasteiger partial charge in [-0.1, -0.05) is 24.3 Å². The third-order valence-corrected chi connectivity index (χ3v) is 2.97. The minimum Gasteiger partial charge on any atom is -0.282 e. The number of benzene rings is 1. The van der Waals surface area contributed by atoms with Crippen LogP contribution >= 0.6 is 0 Å². The van der Waals surface area contributed by atoms with Gasteiger partial charge < -0.3 is 0 Å². The third-order valence-electron chi connectivity index (χ3n) is 2.97. The fourth-order valence-corrected chi connectivity index (χ4v) is 1.94. The smallest absolute Gasteiger partial charge is 0.282 e. The van der Waals surface area contributed by atoms with E-state index >= 15 is 0 Å². The lowest BCUT2D eigenvalue weighted by Crippen LogP contribution is -2.56. The van der Waals surface area contributed by atoms with Gasteiger partial charge in [0.1, 0.15) is 5.71 Å². The molecular weight excluding hydrogens is 291 g/mol. The van der Waals surface area contributed by atoms with Crippen LogP contribution in [0.25, 0.3) is 0 Å². The van der Waals surface area contributed by atoms with E-state index in [0.717, 1.165) is 6.07 Å². The molecule has 1 aliphatic rings. The van der Waals surface area contributed by atoms with Crippen molar-refractivity contribution in [2.75, 3.05) is 6.54 Å². The topological polar surface area (TPSA) is 12.4 Å². The highest BCUT2D eigenvalue weighted by atomic mass is 19.4. The zero-order valence-corrected chi connectivity index (χ0v) is 9.82. The van der Waals surface area contributed by atoms with Crippen molar-refractivity contribution in [1.82, 2.24) is 0 Å². The lowest BCUT2D eigenvalue weighted by molar-refractivity contribution is -0.336. The second kappa shape index (κ2) is 4.46. The number of rotatable bonds is 2. The summed E-state index contributed by atoms with van der Waals surface area (Å²) in [5.74, 6) is -11.6. The Morgan fingerprint density at radius 2 is 1.50 bits per heavy atom. The van der Waals surface area contributed by atoms with Crippen LogP contribution in [0.15, 0.2) is 29.3 Å². The van der Waals surface area contributed by atoms with E-state index < -0.39 is 23.7 Å². The van der Waals surface area contributed by atoms with Gasteiger partial charge in [-0.3, -0.25) is 4.99 Å². The minimum absolute atomic E-state index is 0.216. The van der Waals surface area contributed by atoms with Crippen LogP contribution in [0, 0.1) is 0 Å². The Morgan fingerprint density at radius 1 is 0.900 bits per heavy atom. The first-order valence-corrected chi connectivity index (χ1v) is 5.54. The number of nitrogens with zero attached hydrogens (tertiary/aromatic N) is 1. The maximum atomic E-state index is 13.7. The second-order valence-corrected chi connectivity index (χ2v) is 4.28. The van der Waals surface area contributed by atoms with E-state index in [1.54, 1.807) is 0 Å². The van der Waals surface area contributed by atoms with E-state index in [0.29, 0.717) is 0 Å². The average molecular weight is 299 g/mol. The van der Waals surface area contributed by atoms with Crippen molar-refractivity contribution in [3.63, 3.8) is 0 Å². The van der Waals surface area contributed by atoms with Crippen molar-refractivity contribution in [1.29, 1.82) is 0 Å². The quantitative estimate of drug-likeness (QED) is 0.735. The van der Waals surface area contributed by atoms with Gasteiger partial charge in [0.25, 0.3) is 0 Å². The van der Waals surface area contributed by atoms with Crippen LogP contribution in [0.4, 0.5) is 30.7 Å². The Balaban J connectivity index is 2.53. The Hall–Kier alpha value is -1.60. The van der Waals surface area contributed by atoms with Crippen LogP contribution in [-0.4, -0.2) is 30.3 Å². The lowest BCUT2D eigenvalue weighted by atomic mass is 9.91. The maximum Gasteiger partial charge on any atom is 0.460 e. The maximum absolute atomic E-state index is 13.7. The van der Waals surface area contributed by atoms with E-state index in [4.69, 9.17) is 0 Å². The molecular formula is C12H8F7N. The summed E-state index contributed by atoms with van der Waals surface area (Å²) in [4.78, 5) is 3.21. The van der Waals surface area contributed by atoms with Gasteiger partial charge in [-0.15, -0.1) is 0 Å². The molecule has 1 aromatic carbocycles. The number of alkyl halides is 7. The molecule has 0 amide bonds. The van der Waals surface area contributed by atoms with Crippen molar-refractivity contribution in [2.45, 2.75) is 24.4 Å². The van der Waals surface area contributed by atoms with Gasteiger partial charge >= 0.3 is 18.0 Å². The fraction of sp³-hybridized carbons (Fsp3) is 0.417. The normalized spacial score (nSPS) is 16.6. The van der Waals surface area contributed by atoms with E-state index in [-0.39, 0.29) is 24.1 Å². The van der Waals surface area contributed by atoms with Crippen LogP contribution in [0.1, 0.15) is 11.1 Å². The first-order valence-electron chi connectivity index (χ1n) is 5.54. The summed E-state index contributed by atoms with van der Waals surface area (Å²) in [5, 5.41) is 0. The summed E-state index contributed by atoms with van der Waals surface area (Å²) in [6.07, 6.45) is -6.14. The number of halogens is 7. The largest absolute Gasteiger partial charge is 0.460 e. The highest BCUT2D eigenvalue weighted by Gasteiger charge is 2.75. The summed E-state index contributed by atoms with van der Waals surface area (Å²) in [6.45, 7) is -0.254. The summed E-state index contributed by atoms with van der Waals surface area (Å²) in [7, 11) is 0. The molecule has 1 aromatic rings. The predicted octanol–water partition coefficient (Wildman–Crippen LogP) is 3.86. The molecule has 0 atom stereocenters. The molecule has 0 bridgehead atoms. The Labute approximate surface area is 109 Å². The Morgan fingerprint density at radius 3 is 2.10 bits per heavy atom. The molecule has 0 saturated carbocycles.